The molecule has 0 amide bonds. The summed E-state index contributed by atoms with van der Waals surface area (Å²) < 4.78 is 6.34. The Hall–Kier alpha value is -2.09. The van der Waals surface area contributed by atoms with E-state index < -0.39 is 5.97 Å². The van der Waals surface area contributed by atoms with Gasteiger partial charge in [0.05, 0.1) is 7.11 Å². The maximum atomic E-state index is 12.0. The summed E-state index contributed by atoms with van der Waals surface area (Å²) in [5, 5.41) is 6.94. The van der Waals surface area contributed by atoms with E-state index in [1.807, 2.05) is 5.38 Å². The highest BCUT2D eigenvalue weighted by Gasteiger charge is 2.29. The van der Waals surface area contributed by atoms with Crippen LogP contribution < -0.4 is 10.6 Å². The number of esters is 1. The highest BCUT2D eigenvalue weighted by molar-refractivity contribution is 7.12. The van der Waals surface area contributed by atoms with Crippen LogP contribution in [0.15, 0.2) is 11.6 Å². The highest BCUT2D eigenvalue weighted by Crippen LogP contribution is 2.31. The number of ether oxygens (including phenoxy) is 1. The van der Waals surface area contributed by atoms with Crippen molar-refractivity contribution in [3.05, 3.63) is 17.1 Å². The summed E-state index contributed by atoms with van der Waals surface area (Å²) >= 11 is 1.41. The van der Waals surface area contributed by atoms with Crippen LogP contribution in [0.25, 0.3) is 5.13 Å². The average molecular weight is 293 g/mol. The Morgan fingerprint density at radius 1 is 1.45 bits per heavy atom. The molecule has 0 aliphatic carbocycles. The minimum atomic E-state index is -0.466. The van der Waals surface area contributed by atoms with Crippen molar-refractivity contribution in [2.75, 3.05) is 30.8 Å². The van der Waals surface area contributed by atoms with Crippen LogP contribution in [0.1, 0.15) is 23.2 Å². The number of thiazole rings is 1. The topological polar surface area (TPSA) is 86.3 Å². The Balaban J connectivity index is 2.12. The van der Waals surface area contributed by atoms with Crippen molar-refractivity contribution >= 4 is 28.9 Å². The lowest BCUT2D eigenvalue weighted by molar-refractivity contribution is 0.0602. The molecule has 1 fully saturated rings. The molecule has 0 bridgehead atoms. The van der Waals surface area contributed by atoms with Crippen LogP contribution in [-0.4, -0.2) is 40.9 Å². The molecule has 8 heteroatoms. The lowest BCUT2D eigenvalue weighted by Gasteiger charge is -2.14. The van der Waals surface area contributed by atoms with Gasteiger partial charge >= 0.3 is 5.97 Å². The van der Waals surface area contributed by atoms with Gasteiger partial charge in [-0.05, 0) is 12.8 Å². The number of nitrogens with two attached hydrogens (primary N) is 1. The van der Waals surface area contributed by atoms with Crippen LogP contribution in [0.3, 0.4) is 0 Å². The Labute approximate surface area is 120 Å². The molecule has 0 aromatic carbocycles. The van der Waals surface area contributed by atoms with Crippen molar-refractivity contribution in [2.45, 2.75) is 12.8 Å². The van der Waals surface area contributed by atoms with Gasteiger partial charge in [-0.1, -0.05) is 0 Å². The van der Waals surface area contributed by atoms with Crippen molar-refractivity contribution in [1.29, 1.82) is 0 Å². The van der Waals surface area contributed by atoms with Gasteiger partial charge in [-0.3, -0.25) is 0 Å². The Morgan fingerprint density at radius 2 is 2.20 bits per heavy atom. The second-order valence-corrected chi connectivity index (χ2v) is 5.37. The largest absolute Gasteiger partial charge is 0.465 e. The predicted octanol–water partition coefficient (Wildman–Crippen LogP) is 1.30. The smallest absolute Gasteiger partial charge is 0.345 e. The number of aromatic nitrogens is 3. The maximum Gasteiger partial charge on any atom is 0.345 e. The van der Waals surface area contributed by atoms with Gasteiger partial charge in [-0.2, -0.15) is 4.68 Å². The molecular formula is C12H15N5O2S. The van der Waals surface area contributed by atoms with Gasteiger partial charge in [0.1, 0.15) is 11.4 Å². The molecular weight excluding hydrogens is 278 g/mol. The molecule has 0 saturated carbocycles. The fourth-order valence-corrected chi connectivity index (χ4v) is 2.94. The quantitative estimate of drug-likeness (QED) is 0.858. The zero-order chi connectivity index (χ0) is 14.1. The number of methoxy groups -OCH3 is 1. The van der Waals surface area contributed by atoms with Crippen molar-refractivity contribution in [3.63, 3.8) is 0 Å². The van der Waals surface area contributed by atoms with Gasteiger partial charge in [-0.25, -0.2) is 9.78 Å². The third-order valence-electron chi connectivity index (χ3n) is 3.30. The fraction of sp³-hybridized carbons (Fsp3) is 0.417. The Morgan fingerprint density at radius 3 is 2.80 bits per heavy atom. The van der Waals surface area contributed by atoms with Gasteiger partial charge in [0.2, 0.25) is 5.13 Å². The van der Waals surface area contributed by atoms with Gasteiger partial charge < -0.3 is 15.4 Å². The number of rotatable bonds is 3. The number of anilines is 2. The predicted molar refractivity (Wildman–Crippen MR) is 76.4 cm³/mol. The number of carbonyl (C=O) groups excluding carboxylic acids is 1. The summed E-state index contributed by atoms with van der Waals surface area (Å²) in [6, 6.07) is 0. The van der Waals surface area contributed by atoms with Crippen LogP contribution in [-0.2, 0) is 4.74 Å². The number of hydrogen-bond donors (Lipinski definition) is 1. The van der Waals surface area contributed by atoms with Gasteiger partial charge in [0, 0.05) is 24.7 Å². The second kappa shape index (κ2) is 5.12. The van der Waals surface area contributed by atoms with Crippen LogP contribution in [0.4, 0.5) is 11.6 Å². The van der Waals surface area contributed by atoms with Gasteiger partial charge in [-0.15, -0.1) is 16.4 Å². The van der Waals surface area contributed by atoms with E-state index in [-0.39, 0.29) is 5.82 Å². The molecule has 1 aliphatic heterocycles. The van der Waals surface area contributed by atoms with Crippen LogP contribution >= 0.6 is 11.3 Å². The summed E-state index contributed by atoms with van der Waals surface area (Å²) in [7, 11) is 1.34. The third kappa shape index (κ3) is 2.01. The molecule has 2 aromatic heterocycles. The lowest BCUT2D eigenvalue weighted by Crippen LogP contribution is -2.21. The highest BCUT2D eigenvalue weighted by atomic mass is 32.1. The normalized spacial score (nSPS) is 14.8. The van der Waals surface area contributed by atoms with Gasteiger partial charge in [0.25, 0.3) is 0 Å². The van der Waals surface area contributed by atoms with Crippen molar-refractivity contribution in [1.82, 2.24) is 14.8 Å². The summed E-state index contributed by atoms with van der Waals surface area (Å²) in [5.74, 6) is 0.392. The monoisotopic (exact) mass is 293 g/mol. The maximum absolute atomic E-state index is 12.0. The molecule has 7 nitrogen and oxygen atoms in total. The van der Waals surface area contributed by atoms with E-state index in [4.69, 9.17) is 10.5 Å². The fourth-order valence-electron chi connectivity index (χ4n) is 2.33. The first kappa shape index (κ1) is 12.9. The zero-order valence-electron chi connectivity index (χ0n) is 11.1. The average Bonchev–Trinajstić information content (AvgIpc) is 3.17. The first-order valence-corrected chi connectivity index (χ1v) is 7.22. The van der Waals surface area contributed by atoms with E-state index in [0.717, 1.165) is 25.9 Å². The SMILES string of the molecule is COC(=O)c1c(N2CCCC2)nn(-c2nccs2)c1N. The summed E-state index contributed by atoms with van der Waals surface area (Å²) in [6.07, 6.45) is 3.85. The molecule has 0 unspecified atom stereocenters. The zero-order valence-corrected chi connectivity index (χ0v) is 11.9. The molecule has 20 heavy (non-hydrogen) atoms. The molecule has 0 spiro atoms. The molecule has 0 atom stereocenters. The van der Waals surface area contributed by atoms with Gasteiger partial charge in [0.15, 0.2) is 5.82 Å². The van der Waals surface area contributed by atoms with Crippen molar-refractivity contribution in [3.8, 4) is 5.13 Å². The molecule has 0 radical (unpaired) electrons. The molecule has 3 heterocycles. The Kier molecular flexibility index (Phi) is 3.31. The summed E-state index contributed by atoms with van der Waals surface area (Å²) in [5.41, 5.74) is 6.40. The van der Waals surface area contributed by atoms with E-state index in [9.17, 15) is 4.79 Å². The standard InChI is InChI=1S/C12H15N5O2S/c1-19-11(18)8-9(13)17(12-14-4-7-20-12)15-10(8)16-5-2-3-6-16/h4,7H,2-3,5-6,13H2,1H3. The minimum Gasteiger partial charge on any atom is -0.465 e. The number of nitrogens with zero attached hydrogens (tertiary/aromatic N) is 4. The molecule has 1 saturated heterocycles. The third-order valence-corrected chi connectivity index (χ3v) is 4.05. The summed E-state index contributed by atoms with van der Waals surface area (Å²) in [6.45, 7) is 1.75. The van der Waals surface area contributed by atoms with Crippen molar-refractivity contribution in [2.24, 2.45) is 0 Å². The molecule has 106 valence electrons. The summed E-state index contributed by atoms with van der Waals surface area (Å²) in [4.78, 5) is 18.2. The molecule has 2 N–H and O–H groups in total. The molecule has 3 rings (SSSR count). The lowest BCUT2D eigenvalue weighted by atomic mass is 10.3. The van der Waals surface area contributed by atoms with Crippen LogP contribution in [0.2, 0.25) is 0 Å². The van der Waals surface area contributed by atoms with Crippen LogP contribution in [0, 0.1) is 0 Å². The minimum absolute atomic E-state index is 0.272. The molecule has 1 aliphatic rings. The van der Waals surface area contributed by atoms with E-state index in [2.05, 4.69) is 15.0 Å². The van der Waals surface area contributed by atoms with Crippen LogP contribution in [0.5, 0.6) is 0 Å². The number of nitrogen functional groups attached to an aromatic ring is 1. The van der Waals surface area contributed by atoms with Crippen molar-refractivity contribution < 1.29 is 9.53 Å². The van der Waals surface area contributed by atoms with E-state index >= 15 is 0 Å². The molecule has 2 aromatic rings. The first-order chi connectivity index (χ1) is 9.72. The first-order valence-electron chi connectivity index (χ1n) is 6.34. The van der Waals surface area contributed by atoms with E-state index in [1.165, 1.54) is 23.1 Å². The number of carbonyl (C=O) groups is 1. The van der Waals surface area contributed by atoms with E-state index in [1.54, 1.807) is 6.20 Å². The second-order valence-electron chi connectivity index (χ2n) is 4.50. The Bertz CT molecular complexity index is 616. The van der Waals surface area contributed by atoms with E-state index in [0.29, 0.717) is 16.5 Å². The number of hydrogen-bond acceptors (Lipinski definition) is 7.